The molecule has 0 aliphatic carbocycles. The number of carbonyl (C=O) groups excluding carboxylic acids is 2. The van der Waals surface area contributed by atoms with E-state index >= 15 is 0 Å². The molecule has 0 radical (unpaired) electrons. The molecule has 0 unspecified atom stereocenters. The van der Waals surface area contributed by atoms with E-state index in [9.17, 15) is 9.59 Å². The fourth-order valence-corrected chi connectivity index (χ4v) is 3.96. The number of benzene rings is 3. The Bertz CT molecular complexity index is 1160. The first-order valence-corrected chi connectivity index (χ1v) is 12.8. The second-order valence-corrected chi connectivity index (χ2v) is 9.69. The van der Waals surface area contributed by atoms with Crippen molar-refractivity contribution < 1.29 is 23.8 Å². The summed E-state index contributed by atoms with van der Waals surface area (Å²) < 4.78 is 16.5. The van der Waals surface area contributed by atoms with E-state index in [2.05, 4.69) is 5.32 Å². The van der Waals surface area contributed by atoms with Gasteiger partial charge in [0.2, 0.25) is 5.91 Å². The number of hydrogen-bond acceptors (Lipinski definition) is 5. The van der Waals surface area contributed by atoms with Crippen molar-refractivity contribution in [1.29, 1.82) is 0 Å². The van der Waals surface area contributed by atoms with Crippen molar-refractivity contribution in [1.82, 2.24) is 10.2 Å². The van der Waals surface area contributed by atoms with Crippen molar-refractivity contribution in [3.8, 4) is 17.2 Å². The van der Waals surface area contributed by atoms with Crippen molar-refractivity contribution in [3.05, 3.63) is 89.5 Å². The molecule has 1 atom stereocenters. The van der Waals surface area contributed by atoms with Crippen LogP contribution in [0, 0.1) is 12.8 Å². The van der Waals surface area contributed by atoms with Crippen LogP contribution in [0.5, 0.6) is 17.2 Å². The zero-order valence-electron chi connectivity index (χ0n) is 22.9. The molecule has 0 aliphatic rings. The highest BCUT2D eigenvalue weighted by atomic mass is 16.5. The minimum atomic E-state index is -0.714. The predicted molar refractivity (Wildman–Crippen MR) is 149 cm³/mol. The first-order valence-electron chi connectivity index (χ1n) is 12.8. The number of amides is 2. The molecular formula is C31H38N2O5. The van der Waals surface area contributed by atoms with E-state index in [4.69, 9.17) is 14.2 Å². The molecule has 0 spiro atoms. The van der Waals surface area contributed by atoms with Crippen molar-refractivity contribution in [2.24, 2.45) is 5.92 Å². The fraction of sp³-hybridized carbons (Fsp3) is 0.355. The maximum Gasteiger partial charge on any atom is 0.261 e. The van der Waals surface area contributed by atoms with E-state index in [0.717, 1.165) is 16.7 Å². The van der Waals surface area contributed by atoms with Gasteiger partial charge in [0.1, 0.15) is 23.3 Å². The molecule has 3 aromatic carbocycles. The van der Waals surface area contributed by atoms with Gasteiger partial charge in [-0.2, -0.15) is 0 Å². The van der Waals surface area contributed by atoms with Crippen molar-refractivity contribution >= 4 is 11.8 Å². The Hall–Kier alpha value is -4.00. The largest absolute Gasteiger partial charge is 0.496 e. The summed E-state index contributed by atoms with van der Waals surface area (Å²) in [6.07, 6.45) is 0.384. The summed E-state index contributed by atoms with van der Waals surface area (Å²) in [6, 6.07) is 22.1. The van der Waals surface area contributed by atoms with E-state index < -0.39 is 6.04 Å². The fourth-order valence-electron chi connectivity index (χ4n) is 3.96. The van der Waals surface area contributed by atoms with Gasteiger partial charge in [0.05, 0.1) is 14.2 Å². The summed E-state index contributed by atoms with van der Waals surface area (Å²) in [5.74, 6) is 1.34. The first-order chi connectivity index (χ1) is 18.3. The van der Waals surface area contributed by atoms with E-state index in [1.165, 1.54) is 0 Å². The van der Waals surface area contributed by atoms with Crippen LogP contribution in [-0.2, 0) is 22.6 Å². The van der Waals surface area contributed by atoms with Crippen LogP contribution in [0.2, 0.25) is 0 Å². The second kappa shape index (κ2) is 14.1. The van der Waals surface area contributed by atoms with Crippen molar-refractivity contribution in [2.45, 2.75) is 39.8 Å². The van der Waals surface area contributed by atoms with Gasteiger partial charge < -0.3 is 24.4 Å². The van der Waals surface area contributed by atoms with Gasteiger partial charge in [-0.25, -0.2) is 0 Å². The van der Waals surface area contributed by atoms with Gasteiger partial charge in [-0.3, -0.25) is 9.59 Å². The van der Waals surface area contributed by atoms with Crippen LogP contribution in [0.1, 0.15) is 30.5 Å². The molecule has 3 aromatic rings. The molecule has 0 aliphatic heterocycles. The SMILES string of the molecule is COc1cc(OC)cc(OCC(=O)N(Cc2ccc(C)cc2)[C@H](Cc2ccccc2)C(=O)NCC(C)C)c1. The van der Waals surface area contributed by atoms with Crippen LogP contribution in [0.3, 0.4) is 0 Å². The third-order valence-electron chi connectivity index (χ3n) is 6.12. The van der Waals surface area contributed by atoms with Gasteiger partial charge in [-0.1, -0.05) is 74.0 Å². The van der Waals surface area contributed by atoms with Crippen LogP contribution in [-0.4, -0.2) is 50.1 Å². The third-order valence-corrected chi connectivity index (χ3v) is 6.12. The topological polar surface area (TPSA) is 77.1 Å². The molecule has 7 nitrogen and oxygen atoms in total. The molecule has 0 bridgehead atoms. The molecule has 1 N–H and O–H groups in total. The maximum absolute atomic E-state index is 13.7. The average molecular weight is 519 g/mol. The van der Waals surface area contributed by atoms with Gasteiger partial charge in [0.15, 0.2) is 6.61 Å². The third kappa shape index (κ3) is 8.54. The van der Waals surface area contributed by atoms with Gasteiger partial charge >= 0.3 is 0 Å². The lowest BCUT2D eigenvalue weighted by Gasteiger charge is -2.31. The standard InChI is InChI=1S/C31H38N2O5/c1-22(2)19-32-31(35)29(15-24-9-7-6-8-10-24)33(20-25-13-11-23(3)12-14-25)30(34)21-38-28-17-26(36-4)16-27(18-28)37-5/h6-14,16-18,22,29H,15,19-21H2,1-5H3,(H,32,35)/t29-/m1/s1. The van der Waals surface area contributed by atoms with E-state index in [0.29, 0.717) is 30.2 Å². The Kier molecular flexibility index (Phi) is 10.6. The molecule has 2 amide bonds. The number of rotatable bonds is 13. The molecule has 38 heavy (non-hydrogen) atoms. The minimum absolute atomic E-state index is 0.189. The highest BCUT2D eigenvalue weighted by Crippen LogP contribution is 2.27. The molecule has 0 fully saturated rings. The van der Waals surface area contributed by atoms with Crippen molar-refractivity contribution in [3.63, 3.8) is 0 Å². The number of methoxy groups -OCH3 is 2. The van der Waals surface area contributed by atoms with Crippen LogP contribution >= 0.6 is 0 Å². The first kappa shape index (κ1) is 28.6. The highest BCUT2D eigenvalue weighted by Gasteiger charge is 2.30. The Morgan fingerprint density at radius 1 is 0.842 bits per heavy atom. The number of nitrogens with one attached hydrogen (secondary N) is 1. The number of ether oxygens (including phenoxy) is 3. The monoisotopic (exact) mass is 518 g/mol. The number of nitrogens with zero attached hydrogens (tertiary/aromatic N) is 1. The predicted octanol–water partition coefficient (Wildman–Crippen LogP) is 4.80. The van der Waals surface area contributed by atoms with Crippen molar-refractivity contribution in [2.75, 3.05) is 27.4 Å². The average Bonchev–Trinajstić information content (AvgIpc) is 2.93. The quantitative estimate of drug-likeness (QED) is 0.352. The molecule has 202 valence electrons. The smallest absolute Gasteiger partial charge is 0.261 e. The van der Waals surface area contributed by atoms with Gasteiger partial charge in [0, 0.05) is 37.7 Å². The lowest BCUT2D eigenvalue weighted by molar-refractivity contribution is -0.142. The summed E-state index contributed by atoms with van der Waals surface area (Å²) in [5, 5.41) is 3.03. The zero-order chi connectivity index (χ0) is 27.5. The number of carbonyl (C=O) groups is 2. The number of aryl methyl sites for hydroxylation is 1. The Morgan fingerprint density at radius 3 is 2.03 bits per heavy atom. The Balaban J connectivity index is 1.91. The minimum Gasteiger partial charge on any atom is -0.496 e. The van der Waals surface area contributed by atoms with Crippen LogP contribution in [0.15, 0.2) is 72.8 Å². The molecule has 0 saturated heterocycles. The van der Waals surface area contributed by atoms with Crippen LogP contribution in [0.4, 0.5) is 0 Å². The van der Waals surface area contributed by atoms with E-state index in [-0.39, 0.29) is 30.9 Å². The second-order valence-electron chi connectivity index (χ2n) is 9.69. The highest BCUT2D eigenvalue weighted by molar-refractivity contribution is 5.88. The lowest BCUT2D eigenvalue weighted by atomic mass is 10.0. The van der Waals surface area contributed by atoms with Gasteiger partial charge in [-0.05, 0) is 24.0 Å². The zero-order valence-corrected chi connectivity index (χ0v) is 22.9. The molecule has 3 rings (SSSR count). The summed E-state index contributed by atoms with van der Waals surface area (Å²) in [7, 11) is 3.11. The Morgan fingerprint density at radius 2 is 1.45 bits per heavy atom. The molecule has 7 heteroatoms. The molecule has 0 heterocycles. The van der Waals surface area contributed by atoms with Gasteiger partial charge in [-0.15, -0.1) is 0 Å². The maximum atomic E-state index is 13.7. The Labute approximate surface area is 225 Å². The summed E-state index contributed by atoms with van der Waals surface area (Å²) in [6.45, 7) is 6.65. The number of hydrogen-bond donors (Lipinski definition) is 1. The molecule has 0 saturated carbocycles. The normalized spacial score (nSPS) is 11.5. The van der Waals surface area contributed by atoms with E-state index in [1.54, 1.807) is 37.3 Å². The van der Waals surface area contributed by atoms with Crippen LogP contribution < -0.4 is 19.5 Å². The molecule has 0 aromatic heterocycles. The van der Waals surface area contributed by atoms with Crippen LogP contribution in [0.25, 0.3) is 0 Å². The summed E-state index contributed by atoms with van der Waals surface area (Å²) >= 11 is 0. The summed E-state index contributed by atoms with van der Waals surface area (Å²) in [4.78, 5) is 28.8. The van der Waals surface area contributed by atoms with E-state index in [1.807, 2.05) is 75.4 Å². The van der Waals surface area contributed by atoms with Gasteiger partial charge in [0.25, 0.3) is 5.91 Å². The molecular weight excluding hydrogens is 480 g/mol. The summed E-state index contributed by atoms with van der Waals surface area (Å²) in [5.41, 5.74) is 3.02. The lowest BCUT2D eigenvalue weighted by Crippen LogP contribution is -2.52.